The van der Waals surface area contributed by atoms with Gasteiger partial charge in [-0.15, -0.1) is 0 Å². The monoisotopic (exact) mass is 398 g/mol. The number of thiocarbonyl (C=S) groups is 1. The summed E-state index contributed by atoms with van der Waals surface area (Å²) >= 11 is 4.49. The number of carbonyl (C=O) groups excluding carboxylic acids is 1. The van der Waals surface area contributed by atoms with Crippen LogP contribution in [0.1, 0.15) is 97.3 Å². The van der Waals surface area contributed by atoms with Crippen molar-refractivity contribution in [1.82, 2.24) is 5.32 Å². The first kappa shape index (κ1) is 25.7. The molecule has 0 rings (SSSR count). The standard InChI is InChI=1S/C21H38N2O3S/c1-3-4-5-6-7-8-9-10-11-14-18(2)20(24)23-19(21(25)26)15-12-13-16-22-17-27/h18-19H,3-16H2,1-2H3,(H,23,24)(H,25,26). The molecule has 0 saturated heterocycles. The molecule has 0 saturated carbocycles. The van der Waals surface area contributed by atoms with Crippen molar-refractivity contribution in [3.05, 3.63) is 0 Å². The normalized spacial score (nSPS) is 12.8. The lowest BCUT2D eigenvalue weighted by Crippen LogP contribution is -2.43. The highest BCUT2D eigenvalue weighted by atomic mass is 32.1. The van der Waals surface area contributed by atoms with Crippen LogP contribution in [-0.4, -0.2) is 34.7 Å². The van der Waals surface area contributed by atoms with Gasteiger partial charge in [-0.25, -0.2) is 9.79 Å². The number of nitrogens with one attached hydrogen (secondary N) is 1. The van der Waals surface area contributed by atoms with Gasteiger partial charge in [-0.2, -0.15) is 0 Å². The predicted molar refractivity (Wildman–Crippen MR) is 114 cm³/mol. The van der Waals surface area contributed by atoms with Gasteiger partial charge in [0.05, 0.1) is 5.16 Å². The highest BCUT2D eigenvalue weighted by Gasteiger charge is 2.22. The maximum Gasteiger partial charge on any atom is 0.326 e. The number of hydrogen-bond donors (Lipinski definition) is 2. The number of hydrogen-bond acceptors (Lipinski definition) is 4. The van der Waals surface area contributed by atoms with E-state index >= 15 is 0 Å². The van der Waals surface area contributed by atoms with Crippen LogP contribution in [0.15, 0.2) is 4.99 Å². The molecular weight excluding hydrogens is 360 g/mol. The Labute approximate surface area is 170 Å². The molecule has 1 amide bonds. The van der Waals surface area contributed by atoms with E-state index in [0.29, 0.717) is 19.4 Å². The fourth-order valence-corrected chi connectivity index (χ4v) is 3.14. The SMILES string of the molecule is CCCCCCCCCCCC(C)C(=O)NC(CCCCN=C=S)C(=O)O. The molecule has 0 aromatic rings. The summed E-state index contributed by atoms with van der Waals surface area (Å²) in [5.41, 5.74) is 0. The third kappa shape index (κ3) is 15.5. The summed E-state index contributed by atoms with van der Waals surface area (Å²) in [4.78, 5) is 27.4. The van der Waals surface area contributed by atoms with Crippen molar-refractivity contribution in [3.63, 3.8) is 0 Å². The molecule has 27 heavy (non-hydrogen) atoms. The summed E-state index contributed by atoms with van der Waals surface area (Å²) in [6.45, 7) is 4.67. The number of isothiocyanates is 1. The maximum atomic E-state index is 12.2. The van der Waals surface area contributed by atoms with Gasteiger partial charge < -0.3 is 10.4 Å². The van der Waals surface area contributed by atoms with Crippen molar-refractivity contribution in [2.24, 2.45) is 10.9 Å². The van der Waals surface area contributed by atoms with Crippen LogP contribution < -0.4 is 5.32 Å². The molecule has 0 fully saturated rings. The van der Waals surface area contributed by atoms with E-state index in [9.17, 15) is 14.7 Å². The fraction of sp³-hybridized carbons (Fsp3) is 0.857. The fourth-order valence-electron chi connectivity index (χ4n) is 3.05. The summed E-state index contributed by atoms with van der Waals surface area (Å²) in [5, 5.41) is 14.3. The van der Waals surface area contributed by atoms with Crippen molar-refractivity contribution < 1.29 is 14.7 Å². The first-order valence-electron chi connectivity index (χ1n) is 10.6. The molecule has 2 N–H and O–H groups in total. The molecule has 0 aliphatic heterocycles. The molecule has 2 atom stereocenters. The molecule has 2 unspecified atom stereocenters. The molecule has 0 aromatic carbocycles. The van der Waals surface area contributed by atoms with Gasteiger partial charge in [-0.3, -0.25) is 4.79 Å². The number of amides is 1. The zero-order valence-corrected chi connectivity index (χ0v) is 18.0. The van der Waals surface area contributed by atoms with Crippen LogP contribution in [0.3, 0.4) is 0 Å². The number of unbranched alkanes of at least 4 members (excludes halogenated alkanes) is 9. The average Bonchev–Trinajstić information content (AvgIpc) is 2.65. The minimum absolute atomic E-state index is 0.143. The van der Waals surface area contributed by atoms with Crippen molar-refractivity contribution in [1.29, 1.82) is 0 Å². The second kappa shape index (κ2) is 18.1. The Bertz CT molecular complexity index is 451. The Hall–Kier alpha value is -1.26. The molecule has 6 heteroatoms. The molecular formula is C21H38N2O3S. The Morgan fingerprint density at radius 1 is 0.963 bits per heavy atom. The Balaban J connectivity index is 3.88. The van der Waals surface area contributed by atoms with Crippen LogP contribution in [0.25, 0.3) is 0 Å². The van der Waals surface area contributed by atoms with E-state index < -0.39 is 12.0 Å². The number of carboxylic acids is 1. The number of aliphatic carboxylic acids is 1. The second-order valence-corrected chi connectivity index (χ2v) is 7.57. The highest BCUT2D eigenvalue weighted by molar-refractivity contribution is 7.78. The predicted octanol–water partition coefficient (Wildman–Crippen LogP) is 5.39. The van der Waals surface area contributed by atoms with Crippen LogP contribution in [0, 0.1) is 5.92 Å². The Morgan fingerprint density at radius 2 is 1.52 bits per heavy atom. The van der Waals surface area contributed by atoms with Crippen LogP contribution in [-0.2, 0) is 9.59 Å². The summed E-state index contributed by atoms with van der Waals surface area (Å²) in [5.74, 6) is -1.27. The van der Waals surface area contributed by atoms with Crippen LogP contribution in [0.4, 0.5) is 0 Å². The van der Waals surface area contributed by atoms with E-state index in [1.165, 1.54) is 44.9 Å². The lowest BCUT2D eigenvalue weighted by molar-refractivity contribution is -0.142. The first-order valence-corrected chi connectivity index (χ1v) is 11.0. The van der Waals surface area contributed by atoms with Gasteiger partial charge >= 0.3 is 5.97 Å². The third-order valence-electron chi connectivity index (χ3n) is 4.88. The summed E-state index contributed by atoms with van der Waals surface area (Å²) in [6, 6.07) is -0.820. The quantitative estimate of drug-likeness (QED) is 0.184. The summed E-state index contributed by atoms with van der Waals surface area (Å²) in [7, 11) is 0. The maximum absolute atomic E-state index is 12.2. The van der Waals surface area contributed by atoms with Crippen molar-refractivity contribution in [2.75, 3.05) is 6.54 Å². The number of rotatable bonds is 18. The van der Waals surface area contributed by atoms with Crippen LogP contribution in [0.2, 0.25) is 0 Å². The van der Waals surface area contributed by atoms with Gasteiger partial charge in [0.15, 0.2) is 0 Å². The lowest BCUT2D eigenvalue weighted by Gasteiger charge is -2.17. The minimum atomic E-state index is -0.975. The molecule has 0 spiro atoms. The van der Waals surface area contributed by atoms with Gasteiger partial charge in [0.1, 0.15) is 6.04 Å². The van der Waals surface area contributed by atoms with Crippen molar-refractivity contribution in [2.45, 2.75) is 103 Å². The van der Waals surface area contributed by atoms with Gasteiger partial charge in [0.25, 0.3) is 0 Å². The molecule has 0 aliphatic rings. The second-order valence-electron chi connectivity index (χ2n) is 7.39. The lowest BCUT2D eigenvalue weighted by atomic mass is 10.00. The first-order chi connectivity index (χ1) is 13.0. The smallest absolute Gasteiger partial charge is 0.326 e. The average molecular weight is 399 g/mol. The van der Waals surface area contributed by atoms with Gasteiger partial charge in [0.2, 0.25) is 5.91 Å². The van der Waals surface area contributed by atoms with E-state index in [0.717, 1.165) is 25.7 Å². The minimum Gasteiger partial charge on any atom is -0.480 e. The number of aliphatic imine (C=N–C) groups is 1. The van der Waals surface area contributed by atoms with E-state index in [2.05, 4.69) is 34.6 Å². The van der Waals surface area contributed by atoms with E-state index in [1.54, 1.807) is 0 Å². The highest BCUT2D eigenvalue weighted by Crippen LogP contribution is 2.14. The van der Waals surface area contributed by atoms with Gasteiger partial charge in [0, 0.05) is 12.5 Å². The van der Waals surface area contributed by atoms with Gasteiger partial charge in [-0.05, 0) is 37.9 Å². The molecule has 156 valence electrons. The number of carboxylic acid groups (broad SMARTS) is 1. The summed E-state index contributed by atoms with van der Waals surface area (Å²) < 4.78 is 0. The molecule has 0 aliphatic carbocycles. The zero-order valence-electron chi connectivity index (χ0n) is 17.2. The topological polar surface area (TPSA) is 78.8 Å². The van der Waals surface area contributed by atoms with Gasteiger partial charge in [-0.1, -0.05) is 71.6 Å². The Morgan fingerprint density at radius 3 is 2.07 bits per heavy atom. The van der Waals surface area contributed by atoms with Crippen LogP contribution >= 0.6 is 12.2 Å². The van der Waals surface area contributed by atoms with E-state index in [-0.39, 0.29) is 11.8 Å². The zero-order chi connectivity index (χ0) is 20.3. The number of nitrogens with zero attached hydrogens (tertiary/aromatic N) is 1. The molecule has 0 heterocycles. The van der Waals surface area contributed by atoms with E-state index in [4.69, 9.17) is 0 Å². The molecule has 0 aromatic heterocycles. The third-order valence-corrected chi connectivity index (χ3v) is 5.01. The molecule has 0 bridgehead atoms. The molecule has 0 radical (unpaired) electrons. The molecule has 5 nitrogen and oxygen atoms in total. The van der Waals surface area contributed by atoms with Crippen LogP contribution in [0.5, 0.6) is 0 Å². The number of carbonyl (C=O) groups is 2. The van der Waals surface area contributed by atoms with E-state index in [1.807, 2.05) is 6.92 Å². The summed E-state index contributed by atoms with van der Waals surface area (Å²) in [6.07, 6.45) is 13.9. The largest absolute Gasteiger partial charge is 0.480 e. The van der Waals surface area contributed by atoms with Crippen molar-refractivity contribution in [3.8, 4) is 0 Å². The van der Waals surface area contributed by atoms with Crippen molar-refractivity contribution >= 4 is 29.3 Å². The Kier molecular flexibility index (Phi) is 17.3.